The zero-order valence-electron chi connectivity index (χ0n) is 11.9. The number of carbonyl (C=O) groups is 1. The van der Waals surface area contributed by atoms with Crippen LogP contribution in [0, 0.1) is 13.8 Å². The second-order valence-corrected chi connectivity index (χ2v) is 6.24. The Hall–Kier alpha value is -1.65. The summed E-state index contributed by atoms with van der Waals surface area (Å²) in [5.41, 5.74) is 9.47. The zero-order valence-corrected chi connectivity index (χ0v) is 13.5. The fourth-order valence-electron chi connectivity index (χ4n) is 1.84. The first-order chi connectivity index (χ1) is 9.97. The van der Waals surface area contributed by atoms with Gasteiger partial charge in [0, 0.05) is 21.3 Å². The van der Waals surface area contributed by atoms with Gasteiger partial charge in [-0.15, -0.1) is 11.8 Å². The van der Waals surface area contributed by atoms with Gasteiger partial charge in [0.25, 0.3) is 0 Å². The molecular formula is C16H17ClN2OS. The molecule has 0 aliphatic rings. The number of amides is 1. The largest absolute Gasteiger partial charge is 0.398 e. The van der Waals surface area contributed by atoms with Crippen molar-refractivity contribution in [2.45, 2.75) is 18.7 Å². The van der Waals surface area contributed by atoms with Crippen molar-refractivity contribution < 1.29 is 4.79 Å². The van der Waals surface area contributed by atoms with Crippen molar-refractivity contribution in [2.75, 3.05) is 16.8 Å². The summed E-state index contributed by atoms with van der Waals surface area (Å²) in [6.45, 7) is 3.88. The molecule has 0 aromatic heterocycles. The summed E-state index contributed by atoms with van der Waals surface area (Å²) in [6, 6.07) is 11.2. The predicted molar refractivity (Wildman–Crippen MR) is 91.1 cm³/mol. The Balaban J connectivity index is 1.99. The molecule has 3 N–H and O–H groups in total. The second kappa shape index (κ2) is 6.87. The number of anilines is 2. The molecule has 2 rings (SSSR count). The van der Waals surface area contributed by atoms with Gasteiger partial charge >= 0.3 is 0 Å². The van der Waals surface area contributed by atoms with Crippen molar-refractivity contribution >= 4 is 40.6 Å². The van der Waals surface area contributed by atoms with Crippen LogP contribution in [-0.2, 0) is 4.79 Å². The molecule has 5 heteroatoms. The first kappa shape index (κ1) is 15.7. The number of rotatable bonds is 4. The number of nitrogen functional groups attached to an aromatic ring is 1. The van der Waals surface area contributed by atoms with Gasteiger partial charge in [-0.3, -0.25) is 4.79 Å². The number of halogens is 1. The number of hydrogen-bond donors (Lipinski definition) is 2. The van der Waals surface area contributed by atoms with Crippen molar-refractivity contribution in [1.29, 1.82) is 0 Å². The number of hydrogen-bond acceptors (Lipinski definition) is 3. The van der Waals surface area contributed by atoms with Crippen LogP contribution in [0.25, 0.3) is 0 Å². The van der Waals surface area contributed by atoms with Crippen molar-refractivity contribution in [3.8, 4) is 0 Å². The molecule has 0 aliphatic heterocycles. The van der Waals surface area contributed by atoms with E-state index in [-0.39, 0.29) is 5.91 Å². The molecule has 3 nitrogen and oxygen atoms in total. The van der Waals surface area contributed by atoms with Gasteiger partial charge in [0.15, 0.2) is 0 Å². The smallest absolute Gasteiger partial charge is 0.234 e. The topological polar surface area (TPSA) is 55.1 Å². The number of nitrogens with two attached hydrogens (primary N) is 1. The van der Waals surface area contributed by atoms with Gasteiger partial charge in [0.05, 0.1) is 5.75 Å². The van der Waals surface area contributed by atoms with Crippen LogP contribution in [0.3, 0.4) is 0 Å². The van der Waals surface area contributed by atoms with Crippen molar-refractivity contribution in [2.24, 2.45) is 0 Å². The lowest BCUT2D eigenvalue weighted by Gasteiger charge is -2.10. The SMILES string of the molecule is Cc1ccc(Cl)cc1NC(=O)CSc1cccc(C)c1N. The van der Waals surface area contributed by atoms with E-state index in [1.54, 1.807) is 12.1 Å². The number of nitrogens with one attached hydrogen (secondary N) is 1. The lowest BCUT2D eigenvalue weighted by molar-refractivity contribution is -0.113. The molecule has 0 saturated heterocycles. The Morgan fingerprint density at radius 2 is 2.00 bits per heavy atom. The van der Waals surface area contributed by atoms with Gasteiger partial charge in [0.2, 0.25) is 5.91 Å². The fourth-order valence-corrected chi connectivity index (χ4v) is 2.86. The van der Waals surface area contributed by atoms with Gasteiger partial charge in [-0.25, -0.2) is 0 Å². The van der Waals surface area contributed by atoms with E-state index < -0.39 is 0 Å². The standard InChI is InChI=1S/C16H17ClN2OS/c1-10-6-7-12(17)8-13(10)19-15(20)9-21-14-5-3-4-11(2)16(14)18/h3-8H,9,18H2,1-2H3,(H,19,20). The lowest BCUT2D eigenvalue weighted by atomic mass is 10.2. The lowest BCUT2D eigenvalue weighted by Crippen LogP contribution is -2.15. The van der Waals surface area contributed by atoms with E-state index in [9.17, 15) is 4.79 Å². The monoisotopic (exact) mass is 320 g/mol. The summed E-state index contributed by atoms with van der Waals surface area (Å²) in [6.07, 6.45) is 0. The molecule has 2 aromatic carbocycles. The van der Waals surface area contributed by atoms with Crippen LogP contribution in [0.4, 0.5) is 11.4 Å². The van der Waals surface area contributed by atoms with Crippen molar-refractivity contribution in [3.05, 3.63) is 52.5 Å². The maximum absolute atomic E-state index is 12.0. The Morgan fingerprint density at radius 1 is 1.24 bits per heavy atom. The van der Waals surface area contributed by atoms with E-state index in [0.717, 1.165) is 27.4 Å². The van der Waals surface area contributed by atoms with Gasteiger partial charge in [-0.05, 0) is 43.2 Å². The maximum Gasteiger partial charge on any atom is 0.234 e. The van der Waals surface area contributed by atoms with Crippen LogP contribution in [0.15, 0.2) is 41.3 Å². The second-order valence-electron chi connectivity index (χ2n) is 4.78. The first-order valence-corrected chi connectivity index (χ1v) is 7.87. The molecule has 0 atom stereocenters. The molecule has 0 bridgehead atoms. The predicted octanol–water partition coefficient (Wildman–Crippen LogP) is 4.27. The first-order valence-electron chi connectivity index (χ1n) is 6.51. The number of carbonyl (C=O) groups excluding carboxylic acids is 1. The molecule has 0 spiro atoms. The number of thioether (sulfide) groups is 1. The van der Waals surface area contributed by atoms with Crippen molar-refractivity contribution in [3.63, 3.8) is 0 Å². The minimum atomic E-state index is -0.0775. The summed E-state index contributed by atoms with van der Waals surface area (Å²) in [5, 5.41) is 3.47. The van der Waals surface area contributed by atoms with Gasteiger partial charge < -0.3 is 11.1 Å². The van der Waals surface area contributed by atoms with Crippen molar-refractivity contribution in [1.82, 2.24) is 0 Å². The molecule has 0 saturated carbocycles. The van der Waals surface area contributed by atoms with E-state index in [1.165, 1.54) is 11.8 Å². The Bertz CT molecular complexity index is 673. The summed E-state index contributed by atoms with van der Waals surface area (Å²) < 4.78 is 0. The number of para-hydroxylation sites is 1. The van der Waals surface area contributed by atoms with Crippen LogP contribution in [0.1, 0.15) is 11.1 Å². The highest BCUT2D eigenvalue weighted by Gasteiger charge is 2.08. The van der Waals surface area contributed by atoms with Crippen LogP contribution in [0.2, 0.25) is 5.02 Å². The van der Waals surface area contributed by atoms with Crippen LogP contribution < -0.4 is 11.1 Å². The van der Waals surface area contributed by atoms with Gasteiger partial charge in [-0.2, -0.15) is 0 Å². The molecule has 1 amide bonds. The summed E-state index contributed by atoms with van der Waals surface area (Å²) in [7, 11) is 0. The van der Waals surface area contributed by atoms with Crippen LogP contribution >= 0.6 is 23.4 Å². The Morgan fingerprint density at radius 3 is 2.76 bits per heavy atom. The maximum atomic E-state index is 12.0. The summed E-state index contributed by atoms with van der Waals surface area (Å²) >= 11 is 7.37. The van der Waals surface area contributed by atoms with Gasteiger partial charge in [0.1, 0.15) is 0 Å². The quantitative estimate of drug-likeness (QED) is 0.653. The normalized spacial score (nSPS) is 10.4. The minimum absolute atomic E-state index is 0.0775. The minimum Gasteiger partial charge on any atom is -0.398 e. The Labute approximate surface area is 133 Å². The molecule has 21 heavy (non-hydrogen) atoms. The summed E-state index contributed by atoms with van der Waals surface area (Å²) in [4.78, 5) is 13.0. The highest BCUT2D eigenvalue weighted by atomic mass is 35.5. The van der Waals surface area contributed by atoms with Gasteiger partial charge in [-0.1, -0.05) is 29.8 Å². The third kappa shape index (κ3) is 4.16. The average Bonchev–Trinajstić information content (AvgIpc) is 2.44. The molecule has 0 heterocycles. The zero-order chi connectivity index (χ0) is 15.4. The highest BCUT2D eigenvalue weighted by Crippen LogP contribution is 2.27. The third-order valence-corrected chi connectivity index (χ3v) is 4.43. The molecule has 110 valence electrons. The van der Waals surface area contributed by atoms with E-state index in [4.69, 9.17) is 17.3 Å². The van der Waals surface area contributed by atoms with E-state index in [2.05, 4.69) is 5.32 Å². The third-order valence-electron chi connectivity index (χ3n) is 3.12. The van der Waals surface area contributed by atoms with E-state index in [0.29, 0.717) is 10.8 Å². The highest BCUT2D eigenvalue weighted by molar-refractivity contribution is 8.00. The fraction of sp³-hybridized carbons (Fsp3) is 0.188. The molecule has 2 aromatic rings. The molecule has 0 radical (unpaired) electrons. The van der Waals surface area contributed by atoms with Crippen LogP contribution in [0.5, 0.6) is 0 Å². The number of benzene rings is 2. The molecule has 0 fully saturated rings. The molecule has 0 unspecified atom stereocenters. The van der Waals surface area contributed by atoms with E-state index >= 15 is 0 Å². The summed E-state index contributed by atoms with van der Waals surface area (Å²) in [5.74, 6) is 0.228. The van der Waals surface area contributed by atoms with E-state index in [1.807, 2.05) is 38.1 Å². The number of aryl methyl sites for hydroxylation is 2. The Kier molecular flexibility index (Phi) is 5.15. The van der Waals surface area contributed by atoms with Crippen LogP contribution in [-0.4, -0.2) is 11.7 Å². The average molecular weight is 321 g/mol. The molecular weight excluding hydrogens is 304 g/mol. The molecule has 0 aliphatic carbocycles.